The second-order valence-corrected chi connectivity index (χ2v) is 6.51. The van der Waals surface area contributed by atoms with Crippen LogP contribution in [-0.4, -0.2) is 39.3 Å². The summed E-state index contributed by atoms with van der Waals surface area (Å²) in [6, 6.07) is 14.7. The Hall–Kier alpha value is -1.96. The third-order valence-corrected chi connectivity index (χ3v) is 4.64. The summed E-state index contributed by atoms with van der Waals surface area (Å²) >= 11 is 0. The highest BCUT2D eigenvalue weighted by molar-refractivity contribution is 14.0. The summed E-state index contributed by atoms with van der Waals surface area (Å²) in [6.07, 6.45) is 2.87. The Balaban J connectivity index is 0.00000280. The molecular formula is C22H30IN3O2. The van der Waals surface area contributed by atoms with Gasteiger partial charge in [-0.05, 0) is 48.6 Å². The zero-order valence-electron chi connectivity index (χ0n) is 16.7. The molecule has 0 atom stereocenters. The van der Waals surface area contributed by atoms with Crippen molar-refractivity contribution >= 4 is 29.9 Å². The quantitative estimate of drug-likeness (QED) is 0.334. The second-order valence-electron chi connectivity index (χ2n) is 6.51. The maximum absolute atomic E-state index is 5.68. The van der Waals surface area contributed by atoms with E-state index < -0.39 is 0 Å². The highest BCUT2D eigenvalue weighted by Crippen LogP contribution is 2.25. The summed E-state index contributed by atoms with van der Waals surface area (Å²) < 4.78 is 11.2. The fraction of sp³-hybridized carbons (Fsp3) is 0.409. The largest absolute Gasteiger partial charge is 0.494 e. The average Bonchev–Trinajstić information content (AvgIpc) is 3.16. The molecular weight excluding hydrogens is 465 g/mol. The predicted octanol–water partition coefficient (Wildman–Crippen LogP) is 3.59. The Bertz CT molecular complexity index is 780. The van der Waals surface area contributed by atoms with Crippen molar-refractivity contribution < 1.29 is 9.47 Å². The van der Waals surface area contributed by atoms with E-state index in [4.69, 9.17) is 9.47 Å². The van der Waals surface area contributed by atoms with Crippen LogP contribution < -0.4 is 20.1 Å². The number of guanidine groups is 1. The van der Waals surface area contributed by atoms with Gasteiger partial charge in [0.1, 0.15) is 11.5 Å². The first-order valence-electron chi connectivity index (χ1n) is 9.70. The molecule has 28 heavy (non-hydrogen) atoms. The molecule has 0 bridgehead atoms. The number of ether oxygens (including phenoxy) is 2. The van der Waals surface area contributed by atoms with E-state index in [9.17, 15) is 0 Å². The lowest BCUT2D eigenvalue weighted by Gasteiger charge is -2.14. The molecule has 0 aromatic heterocycles. The normalized spacial score (nSPS) is 12.6. The lowest BCUT2D eigenvalue weighted by atomic mass is 10.1. The minimum Gasteiger partial charge on any atom is -0.494 e. The van der Waals surface area contributed by atoms with E-state index in [0.29, 0.717) is 6.61 Å². The van der Waals surface area contributed by atoms with Crippen LogP contribution in [0.5, 0.6) is 11.5 Å². The molecule has 0 radical (unpaired) electrons. The monoisotopic (exact) mass is 495 g/mol. The molecule has 0 saturated heterocycles. The van der Waals surface area contributed by atoms with Gasteiger partial charge in [-0.15, -0.1) is 24.0 Å². The molecule has 1 aliphatic heterocycles. The fourth-order valence-electron chi connectivity index (χ4n) is 3.26. The lowest BCUT2D eigenvalue weighted by Crippen LogP contribution is -2.39. The Morgan fingerprint density at radius 3 is 2.68 bits per heavy atom. The van der Waals surface area contributed by atoms with Crippen LogP contribution in [-0.2, 0) is 19.3 Å². The number of nitrogens with one attached hydrogen (secondary N) is 2. The molecule has 0 fully saturated rings. The summed E-state index contributed by atoms with van der Waals surface area (Å²) in [7, 11) is 1.80. The molecule has 1 aliphatic rings. The number of para-hydroxylation sites is 1. The van der Waals surface area contributed by atoms with Crippen molar-refractivity contribution in [3.05, 3.63) is 59.2 Å². The van der Waals surface area contributed by atoms with Crippen molar-refractivity contribution in [3.63, 3.8) is 0 Å². The van der Waals surface area contributed by atoms with E-state index in [2.05, 4.69) is 39.9 Å². The molecule has 0 saturated carbocycles. The van der Waals surface area contributed by atoms with Gasteiger partial charge in [0, 0.05) is 26.6 Å². The molecule has 152 valence electrons. The van der Waals surface area contributed by atoms with Crippen molar-refractivity contribution in [1.82, 2.24) is 10.6 Å². The minimum absolute atomic E-state index is 0. The molecule has 5 nitrogen and oxygen atoms in total. The fourth-order valence-corrected chi connectivity index (χ4v) is 3.26. The standard InChI is InChI=1S/C22H29N3O2.HI/c1-3-26-20-7-5-4-6-18(20)11-14-25-22(23-2)24-13-10-17-8-9-21-19(16-17)12-15-27-21;/h4-9,16H,3,10-15H2,1-2H3,(H2,23,24,25);1H. The number of benzene rings is 2. The molecule has 1 heterocycles. The van der Waals surface area contributed by atoms with E-state index in [-0.39, 0.29) is 24.0 Å². The second kappa shape index (κ2) is 11.8. The van der Waals surface area contributed by atoms with Gasteiger partial charge in [-0.3, -0.25) is 4.99 Å². The Labute approximate surface area is 184 Å². The van der Waals surface area contributed by atoms with Crippen LogP contribution in [0.1, 0.15) is 23.6 Å². The molecule has 2 aromatic carbocycles. The van der Waals surface area contributed by atoms with Gasteiger partial charge in [0.2, 0.25) is 0 Å². The van der Waals surface area contributed by atoms with Gasteiger partial charge in [-0.2, -0.15) is 0 Å². The number of fused-ring (bicyclic) bond motifs is 1. The summed E-state index contributed by atoms with van der Waals surface area (Å²) in [5, 5.41) is 6.77. The van der Waals surface area contributed by atoms with Crippen molar-refractivity contribution in [3.8, 4) is 11.5 Å². The predicted molar refractivity (Wildman–Crippen MR) is 125 cm³/mol. The minimum atomic E-state index is 0. The maximum Gasteiger partial charge on any atom is 0.190 e. The third kappa shape index (κ3) is 6.29. The zero-order valence-corrected chi connectivity index (χ0v) is 19.0. The first-order chi connectivity index (χ1) is 13.3. The first-order valence-corrected chi connectivity index (χ1v) is 9.70. The van der Waals surface area contributed by atoms with E-state index in [1.807, 2.05) is 25.1 Å². The molecule has 3 rings (SSSR count). The van der Waals surface area contributed by atoms with E-state index in [0.717, 1.165) is 56.4 Å². The summed E-state index contributed by atoms with van der Waals surface area (Å²) in [6.45, 7) is 5.14. The molecule has 0 amide bonds. The lowest BCUT2D eigenvalue weighted by molar-refractivity contribution is 0.336. The number of hydrogen-bond acceptors (Lipinski definition) is 3. The topological polar surface area (TPSA) is 54.9 Å². The smallest absolute Gasteiger partial charge is 0.190 e. The van der Waals surface area contributed by atoms with Crippen LogP contribution in [0.2, 0.25) is 0 Å². The zero-order chi connectivity index (χ0) is 18.9. The summed E-state index contributed by atoms with van der Waals surface area (Å²) in [5.41, 5.74) is 3.86. The SMILES string of the molecule is CCOc1ccccc1CCNC(=NC)NCCc1ccc2c(c1)CCO2.I. The van der Waals surface area contributed by atoms with Gasteiger partial charge in [0.15, 0.2) is 5.96 Å². The highest BCUT2D eigenvalue weighted by Gasteiger charge is 2.11. The van der Waals surface area contributed by atoms with Crippen LogP contribution in [0.25, 0.3) is 0 Å². The Morgan fingerprint density at radius 2 is 1.89 bits per heavy atom. The number of hydrogen-bond donors (Lipinski definition) is 2. The molecule has 2 N–H and O–H groups in total. The van der Waals surface area contributed by atoms with Crippen LogP contribution in [0, 0.1) is 0 Å². The van der Waals surface area contributed by atoms with Crippen molar-refractivity contribution in [2.24, 2.45) is 4.99 Å². The van der Waals surface area contributed by atoms with Crippen LogP contribution in [0.15, 0.2) is 47.5 Å². The van der Waals surface area contributed by atoms with Crippen molar-refractivity contribution in [1.29, 1.82) is 0 Å². The van der Waals surface area contributed by atoms with Gasteiger partial charge in [0.05, 0.1) is 13.2 Å². The van der Waals surface area contributed by atoms with Gasteiger partial charge in [0.25, 0.3) is 0 Å². The van der Waals surface area contributed by atoms with E-state index in [1.54, 1.807) is 7.05 Å². The van der Waals surface area contributed by atoms with Crippen LogP contribution >= 0.6 is 24.0 Å². The Kier molecular flexibility index (Phi) is 9.40. The summed E-state index contributed by atoms with van der Waals surface area (Å²) in [5.74, 6) is 2.83. The van der Waals surface area contributed by atoms with E-state index >= 15 is 0 Å². The van der Waals surface area contributed by atoms with Gasteiger partial charge in [-0.1, -0.05) is 30.3 Å². The van der Waals surface area contributed by atoms with Crippen molar-refractivity contribution in [2.45, 2.75) is 26.2 Å². The molecule has 2 aromatic rings. The van der Waals surface area contributed by atoms with Crippen LogP contribution in [0.4, 0.5) is 0 Å². The number of nitrogens with zero attached hydrogens (tertiary/aromatic N) is 1. The summed E-state index contributed by atoms with van der Waals surface area (Å²) in [4.78, 5) is 4.31. The van der Waals surface area contributed by atoms with E-state index in [1.165, 1.54) is 16.7 Å². The number of rotatable bonds is 8. The highest BCUT2D eigenvalue weighted by atomic mass is 127. The van der Waals surface area contributed by atoms with Crippen LogP contribution in [0.3, 0.4) is 0 Å². The molecule has 0 unspecified atom stereocenters. The first kappa shape index (κ1) is 22.3. The number of aliphatic imine (C=N–C) groups is 1. The Morgan fingerprint density at radius 1 is 1.11 bits per heavy atom. The molecule has 6 heteroatoms. The van der Waals surface area contributed by atoms with Gasteiger partial charge in [-0.25, -0.2) is 0 Å². The maximum atomic E-state index is 5.68. The molecule has 0 spiro atoms. The van der Waals surface area contributed by atoms with Crippen molar-refractivity contribution in [2.75, 3.05) is 33.4 Å². The third-order valence-electron chi connectivity index (χ3n) is 4.64. The van der Waals surface area contributed by atoms with Gasteiger partial charge >= 0.3 is 0 Å². The number of halogens is 1. The molecule has 0 aliphatic carbocycles. The van der Waals surface area contributed by atoms with Gasteiger partial charge < -0.3 is 20.1 Å². The average molecular weight is 495 g/mol.